The van der Waals surface area contributed by atoms with E-state index in [1.165, 1.54) is 11.1 Å². The number of benzene rings is 1. The first-order valence-electron chi connectivity index (χ1n) is 4.45. The average Bonchev–Trinajstić information content (AvgIpc) is 2.09. The Kier molecular flexibility index (Phi) is 10.2. The molecule has 0 amide bonds. The fourth-order valence-electron chi connectivity index (χ4n) is 0.812. The van der Waals surface area contributed by atoms with Gasteiger partial charge in [-0.15, -0.1) is 6.58 Å². The van der Waals surface area contributed by atoms with Crippen LogP contribution in [0.25, 0.3) is 0 Å². The molecule has 1 N–H and O–H groups in total. The summed E-state index contributed by atoms with van der Waals surface area (Å²) in [6, 6.07) is 8.36. The van der Waals surface area contributed by atoms with E-state index in [1.807, 2.05) is 0 Å². The van der Waals surface area contributed by atoms with Gasteiger partial charge in [0.2, 0.25) is 0 Å². The predicted molar refractivity (Wildman–Crippen MR) is 69.7 cm³/mol. The summed E-state index contributed by atoms with van der Waals surface area (Å²) in [7, 11) is -3.79. The van der Waals surface area contributed by atoms with E-state index in [-0.39, 0.29) is 35.3 Å². The first-order valence-corrected chi connectivity index (χ1v) is 6.06. The number of aryl methyl sites for hydroxylation is 2. The first kappa shape index (κ1) is 18.2. The molecule has 0 spiro atoms. The van der Waals surface area contributed by atoms with Gasteiger partial charge in [0.1, 0.15) is 0 Å². The summed E-state index contributed by atoms with van der Waals surface area (Å²) in [5, 5.41) is 0. The molecule has 5 heteroatoms. The molecule has 0 aliphatic heterocycles. The minimum atomic E-state index is -3.79. The van der Waals surface area contributed by atoms with Gasteiger partial charge in [0.15, 0.2) is 0 Å². The topological polar surface area (TPSA) is 54.4 Å². The zero-order valence-corrected chi connectivity index (χ0v) is 9.79. The molecule has 1 rings (SSSR count). The molecule has 86 valence electrons. The summed E-state index contributed by atoms with van der Waals surface area (Å²) in [5.74, 6) is -0.368. The van der Waals surface area contributed by atoms with Crippen LogP contribution in [0.4, 0.5) is 0 Å². The van der Waals surface area contributed by atoms with Crippen molar-refractivity contribution in [1.82, 2.24) is 0 Å². The summed E-state index contributed by atoms with van der Waals surface area (Å²) >= 11 is 0. The summed E-state index contributed by atoms with van der Waals surface area (Å²) in [5.41, 5.74) is 2.74. The van der Waals surface area contributed by atoms with Crippen LogP contribution in [-0.4, -0.2) is 48.3 Å². The molecular formula is C11H17NaO3S. The molecule has 0 aliphatic carbocycles. The van der Waals surface area contributed by atoms with Crippen LogP contribution in [0, 0.1) is 13.8 Å². The Hall–Kier alpha value is -0.130. The Morgan fingerprint density at radius 2 is 1.62 bits per heavy atom. The molecule has 3 nitrogen and oxygen atoms in total. The van der Waals surface area contributed by atoms with E-state index >= 15 is 0 Å². The van der Waals surface area contributed by atoms with Crippen molar-refractivity contribution in [2.45, 2.75) is 13.8 Å². The quantitative estimate of drug-likeness (QED) is 0.495. The van der Waals surface area contributed by atoms with Crippen molar-refractivity contribution in [3.8, 4) is 0 Å². The molecule has 0 bridgehead atoms. The third-order valence-corrected chi connectivity index (χ3v) is 2.41. The zero-order valence-electron chi connectivity index (χ0n) is 8.97. The van der Waals surface area contributed by atoms with E-state index in [4.69, 9.17) is 4.55 Å². The molecule has 0 unspecified atom stereocenters. The van der Waals surface area contributed by atoms with Gasteiger partial charge >= 0.3 is 29.6 Å². The molecule has 0 fully saturated rings. The van der Waals surface area contributed by atoms with Gasteiger partial charge in [-0.2, -0.15) is 8.42 Å². The van der Waals surface area contributed by atoms with Crippen molar-refractivity contribution in [1.29, 1.82) is 0 Å². The van der Waals surface area contributed by atoms with Crippen molar-refractivity contribution in [2.75, 3.05) is 5.75 Å². The molecule has 0 aromatic heterocycles. The number of hydrogen-bond acceptors (Lipinski definition) is 2. The summed E-state index contributed by atoms with van der Waals surface area (Å²) in [6.45, 7) is 7.35. The Morgan fingerprint density at radius 3 is 1.75 bits per heavy atom. The molecule has 0 aliphatic rings. The van der Waals surface area contributed by atoms with Crippen LogP contribution >= 0.6 is 0 Å². The minimum absolute atomic E-state index is 0. The molecule has 16 heavy (non-hydrogen) atoms. The van der Waals surface area contributed by atoms with E-state index < -0.39 is 10.1 Å². The van der Waals surface area contributed by atoms with Crippen LogP contribution in [0.1, 0.15) is 11.1 Å². The van der Waals surface area contributed by atoms with Gasteiger partial charge in [-0.1, -0.05) is 30.3 Å². The third-order valence-electron chi connectivity index (χ3n) is 1.75. The van der Waals surface area contributed by atoms with Gasteiger partial charge in [-0.25, -0.2) is 0 Å². The van der Waals surface area contributed by atoms with Crippen molar-refractivity contribution < 1.29 is 13.0 Å². The van der Waals surface area contributed by atoms with Crippen LogP contribution in [0.5, 0.6) is 0 Å². The van der Waals surface area contributed by atoms with Crippen molar-refractivity contribution in [3.63, 3.8) is 0 Å². The van der Waals surface area contributed by atoms with Crippen LogP contribution in [0.3, 0.4) is 0 Å². The van der Waals surface area contributed by atoms with Crippen molar-refractivity contribution in [2.24, 2.45) is 0 Å². The molecule has 1 aromatic carbocycles. The second-order valence-electron chi connectivity index (χ2n) is 3.12. The summed E-state index contributed by atoms with van der Waals surface area (Å²) < 4.78 is 27.3. The van der Waals surface area contributed by atoms with E-state index in [2.05, 4.69) is 44.7 Å². The van der Waals surface area contributed by atoms with Crippen LogP contribution in [0.15, 0.2) is 36.9 Å². The van der Waals surface area contributed by atoms with Crippen LogP contribution in [-0.2, 0) is 10.1 Å². The Bertz CT molecular complexity index is 392. The maximum absolute atomic E-state index is 9.72. The predicted octanol–water partition coefficient (Wildman–Crippen LogP) is 1.72. The molecular weight excluding hydrogens is 235 g/mol. The van der Waals surface area contributed by atoms with Crippen LogP contribution in [0.2, 0.25) is 0 Å². The third kappa shape index (κ3) is 10.4. The Morgan fingerprint density at radius 1 is 1.25 bits per heavy atom. The number of hydrogen-bond donors (Lipinski definition) is 1. The number of rotatable bonds is 2. The van der Waals surface area contributed by atoms with Crippen LogP contribution < -0.4 is 0 Å². The maximum atomic E-state index is 9.72. The second kappa shape index (κ2) is 8.96. The van der Waals surface area contributed by atoms with Crippen molar-refractivity contribution >= 4 is 39.7 Å². The van der Waals surface area contributed by atoms with E-state index in [0.717, 1.165) is 6.08 Å². The van der Waals surface area contributed by atoms with Crippen molar-refractivity contribution in [3.05, 3.63) is 48.0 Å². The normalized spacial score (nSPS) is 9.44. The van der Waals surface area contributed by atoms with E-state index in [0.29, 0.717) is 0 Å². The first-order chi connectivity index (χ1) is 6.87. The Balaban J connectivity index is 0. The second-order valence-corrected chi connectivity index (χ2v) is 4.62. The van der Waals surface area contributed by atoms with Gasteiger partial charge < -0.3 is 0 Å². The molecule has 0 atom stereocenters. The summed E-state index contributed by atoms with van der Waals surface area (Å²) in [6.07, 6.45) is 1.12. The molecule has 0 heterocycles. The zero-order chi connectivity index (χ0) is 11.9. The van der Waals surface area contributed by atoms with E-state index in [1.54, 1.807) is 0 Å². The standard InChI is InChI=1S/C8H10.C3H6O3S.Na.H/c1-7-5-3-4-6-8(7)2;1-2-3-7(4,5)6;;/h3-6H,1-2H3;2H,1,3H2,(H,4,5,6);;. The summed E-state index contributed by atoms with van der Waals surface area (Å²) in [4.78, 5) is 0. The van der Waals surface area contributed by atoms with Gasteiger partial charge in [0.05, 0.1) is 5.75 Å². The Labute approximate surface area is 120 Å². The van der Waals surface area contributed by atoms with Gasteiger partial charge in [-0.3, -0.25) is 4.55 Å². The average molecular weight is 252 g/mol. The fourth-order valence-corrected chi connectivity index (χ4v) is 1.11. The van der Waals surface area contributed by atoms with Gasteiger partial charge in [0.25, 0.3) is 10.1 Å². The molecule has 0 saturated carbocycles. The SMILES string of the molecule is C=CCS(=O)(=O)O.Cc1ccccc1C.[NaH]. The molecule has 0 radical (unpaired) electrons. The molecule has 0 saturated heterocycles. The monoisotopic (exact) mass is 252 g/mol. The van der Waals surface area contributed by atoms with Gasteiger partial charge in [0, 0.05) is 0 Å². The van der Waals surface area contributed by atoms with E-state index in [9.17, 15) is 8.42 Å². The molecule has 1 aromatic rings. The van der Waals surface area contributed by atoms with Gasteiger partial charge in [-0.05, 0) is 25.0 Å². The fraction of sp³-hybridized carbons (Fsp3) is 0.273.